The number of hydrogen-bond donors (Lipinski definition) is 1. The maximum atomic E-state index is 11.5. The number of nitrogens with one attached hydrogen (secondary N) is 1. The summed E-state index contributed by atoms with van der Waals surface area (Å²) in [4.78, 5) is 22.3. The van der Waals surface area contributed by atoms with E-state index in [1.807, 2.05) is 0 Å². The molecule has 0 bridgehead atoms. The normalized spacial score (nSPS) is 13.7. The molecule has 1 amide bonds. The van der Waals surface area contributed by atoms with Crippen LogP contribution in [0.15, 0.2) is 12.1 Å². The monoisotopic (exact) mass is 297 g/mol. The van der Waals surface area contributed by atoms with Gasteiger partial charge in [-0.15, -0.1) is 0 Å². The Hall–Kier alpha value is -1.75. The van der Waals surface area contributed by atoms with Crippen molar-refractivity contribution in [3.8, 4) is 11.5 Å². The fraction of sp³-hybridized carbons (Fsp3) is 0.429. The molecule has 0 saturated heterocycles. The zero-order chi connectivity index (χ0) is 14.5. The van der Waals surface area contributed by atoms with Crippen LogP contribution in [0.4, 0.5) is 0 Å². The summed E-state index contributed by atoms with van der Waals surface area (Å²) < 4.78 is 10.6. The van der Waals surface area contributed by atoms with E-state index in [1.54, 1.807) is 6.07 Å². The van der Waals surface area contributed by atoms with Crippen LogP contribution in [-0.4, -0.2) is 32.0 Å². The number of hydrogen-bond acceptors (Lipinski definition) is 4. The molecule has 0 radical (unpaired) electrons. The first-order valence-corrected chi connectivity index (χ1v) is 6.76. The highest BCUT2D eigenvalue weighted by Gasteiger charge is 2.23. The van der Waals surface area contributed by atoms with Gasteiger partial charge in [-0.3, -0.25) is 9.59 Å². The topological polar surface area (TPSA) is 64.6 Å². The van der Waals surface area contributed by atoms with Gasteiger partial charge in [0.1, 0.15) is 6.29 Å². The number of carbonyl (C=O) groups is 2. The minimum Gasteiger partial charge on any atom is -0.493 e. The molecule has 1 N–H and O–H groups in total. The summed E-state index contributed by atoms with van der Waals surface area (Å²) >= 11 is 6.04. The van der Waals surface area contributed by atoms with Gasteiger partial charge in [-0.2, -0.15) is 0 Å². The number of ether oxygens (including phenoxy) is 2. The van der Waals surface area contributed by atoms with Crippen molar-refractivity contribution in [2.45, 2.75) is 25.3 Å². The van der Waals surface area contributed by atoms with Crippen LogP contribution in [0.25, 0.3) is 0 Å². The number of halogens is 1. The van der Waals surface area contributed by atoms with Crippen molar-refractivity contribution < 1.29 is 19.1 Å². The van der Waals surface area contributed by atoms with E-state index < -0.39 is 0 Å². The fourth-order valence-corrected chi connectivity index (χ4v) is 1.99. The van der Waals surface area contributed by atoms with Gasteiger partial charge in [0.05, 0.1) is 25.2 Å². The van der Waals surface area contributed by atoms with Gasteiger partial charge in [0, 0.05) is 11.6 Å². The highest BCUT2D eigenvalue weighted by atomic mass is 35.5. The number of amides is 1. The van der Waals surface area contributed by atoms with E-state index in [1.165, 1.54) is 13.2 Å². The van der Waals surface area contributed by atoms with Gasteiger partial charge >= 0.3 is 0 Å². The third-order valence-electron chi connectivity index (χ3n) is 2.91. The molecule has 1 aromatic carbocycles. The van der Waals surface area contributed by atoms with Crippen molar-refractivity contribution >= 4 is 23.8 Å². The summed E-state index contributed by atoms with van der Waals surface area (Å²) in [6, 6.07) is 3.38. The van der Waals surface area contributed by atoms with Gasteiger partial charge in [0.15, 0.2) is 11.5 Å². The van der Waals surface area contributed by atoms with Gasteiger partial charge in [-0.1, -0.05) is 11.6 Å². The van der Waals surface area contributed by atoms with Crippen molar-refractivity contribution in [3.05, 3.63) is 22.7 Å². The second-order valence-corrected chi connectivity index (χ2v) is 5.00. The molecule has 1 aliphatic carbocycles. The molecule has 1 aliphatic rings. The summed E-state index contributed by atoms with van der Waals surface area (Å²) in [6.07, 6.45) is 3.05. The second-order valence-electron chi connectivity index (χ2n) is 4.59. The molecule has 20 heavy (non-hydrogen) atoms. The highest BCUT2D eigenvalue weighted by Crippen LogP contribution is 2.36. The first-order valence-electron chi connectivity index (χ1n) is 6.39. The molecule has 1 aromatic rings. The van der Waals surface area contributed by atoms with Crippen LogP contribution >= 0.6 is 11.6 Å². The molecular weight excluding hydrogens is 282 g/mol. The molecule has 0 aliphatic heterocycles. The van der Waals surface area contributed by atoms with Crippen molar-refractivity contribution in [1.82, 2.24) is 5.32 Å². The number of methoxy groups -OCH3 is 1. The molecule has 0 unspecified atom stereocenters. The van der Waals surface area contributed by atoms with Crippen LogP contribution in [-0.2, 0) is 4.79 Å². The molecule has 0 atom stereocenters. The van der Waals surface area contributed by atoms with Crippen molar-refractivity contribution in [3.63, 3.8) is 0 Å². The Morgan fingerprint density at radius 2 is 2.25 bits per heavy atom. The van der Waals surface area contributed by atoms with Crippen molar-refractivity contribution in [2.75, 3.05) is 13.7 Å². The Labute approximate surface area is 122 Å². The molecule has 0 heterocycles. The summed E-state index contributed by atoms with van der Waals surface area (Å²) in [6.45, 7) is 0.203. The summed E-state index contributed by atoms with van der Waals surface area (Å²) in [5.41, 5.74) is 0.408. The smallest absolute Gasteiger partial charge is 0.223 e. The van der Waals surface area contributed by atoms with Gasteiger partial charge in [0.2, 0.25) is 5.91 Å². The lowest BCUT2D eigenvalue weighted by Crippen LogP contribution is -2.26. The minimum absolute atomic E-state index is 0.0351. The largest absolute Gasteiger partial charge is 0.493 e. The van der Waals surface area contributed by atoms with Crippen molar-refractivity contribution in [2.24, 2.45) is 0 Å². The van der Waals surface area contributed by atoms with E-state index in [2.05, 4.69) is 5.32 Å². The second kappa shape index (κ2) is 6.61. The predicted molar refractivity (Wildman–Crippen MR) is 74.7 cm³/mol. The van der Waals surface area contributed by atoms with Crippen LogP contribution < -0.4 is 14.8 Å². The predicted octanol–water partition coefficient (Wildman–Crippen LogP) is 2.21. The van der Waals surface area contributed by atoms with Crippen LogP contribution in [0.1, 0.15) is 29.6 Å². The Morgan fingerprint density at radius 3 is 2.85 bits per heavy atom. The minimum atomic E-state index is -0.0351. The highest BCUT2D eigenvalue weighted by molar-refractivity contribution is 6.32. The third-order valence-corrected chi connectivity index (χ3v) is 3.19. The van der Waals surface area contributed by atoms with Gasteiger partial charge in [-0.05, 0) is 25.0 Å². The maximum absolute atomic E-state index is 11.5. The lowest BCUT2D eigenvalue weighted by Gasteiger charge is -2.12. The molecule has 108 valence electrons. The van der Waals surface area contributed by atoms with E-state index in [4.69, 9.17) is 21.1 Å². The molecule has 2 rings (SSSR count). The van der Waals surface area contributed by atoms with Gasteiger partial charge < -0.3 is 14.8 Å². The van der Waals surface area contributed by atoms with E-state index in [9.17, 15) is 9.59 Å². The standard InChI is InChI=1S/C14H16ClNO4/c1-19-12-7-9(8-17)6-11(15)14(12)20-5-4-13(18)16-10-2-3-10/h6-8,10H,2-5H2,1H3,(H,16,18). The molecule has 0 spiro atoms. The Morgan fingerprint density at radius 1 is 1.50 bits per heavy atom. The SMILES string of the molecule is COc1cc(C=O)cc(Cl)c1OCCC(=O)NC1CC1. The maximum Gasteiger partial charge on any atom is 0.223 e. The summed E-state index contributed by atoms with van der Waals surface area (Å²) in [5.74, 6) is 0.688. The summed E-state index contributed by atoms with van der Waals surface area (Å²) in [5, 5.41) is 3.16. The van der Waals surface area contributed by atoms with E-state index in [0.717, 1.165) is 12.8 Å². The molecule has 6 heteroatoms. The number of rotatable bonds is 7. The Kier molecular flexibility index (Phi) is 4.84. The quantitative estimate of drug-likeness (QED) is 0.784. The van der Waals surface area contributed by atoms with Gasteiger partial charge in [0.25, 0.3) is 0 Å². The molecule has 0 aromatic heterocycles. The summed E-state index contributed by atoms with van der Waals surface area (Å²) in [7, 11) is 1.47. The zero-order valence-electron chi connectivity index (χ0n) is 11.1. The van der Waals surface area contributed by atoms with Crippen LogP contribution in [0, 0.1) is 0 Å². The Bertz CT molecular complexity index is 514. The molecule has 1 saturated carbocycles. The van der Waals surface area contributed by atoms with Crippen LogP contribution in [0.5, 0.6) is 11.5 Å². The average molecular weight is 298 g/mol. The molecular formula is C14H16ClNO4. The average Bonchev–Trinajstić information content (AvgIpc) is 3.23. The first kappa shape index (κ1) is 14.7. The van der Waals surface area contributed by atoms with E-state index in [0.29, 0.717) is 29.4 Å². The van der Waals surface area contributed by atoms with Crippen molar-refractivity contribution in [1.29, 1.82) is 0 Å². The third kappa shape index (κ3) is 3.87. The first-order chi connectivity index (χ1) is 9.63. The number of aldehydes is 1. The lowest BCUT2D eigenvalue weighted by atomic mass is 10.2. The van der Waals surface area contributed by atoms with E-state index >= 15 is 0 Å². The Balaban J connectivity index is 1.93. The fourth-order valence-electron chi connectivity index (χ4n) is 1.72. The molecule has 5 nitrogen and oxygen atoms in total. The number of benzene rings is 1. The van der Waals surface area contributed by atoms with Crippen LogP contribution in [0.2, 0.25) is 5.02 Å². The lowest BCUT2D eigenvalue weighted by molar-refractivity contribution is -0.121. The molecule has 1 fully saturated rings. The van der Waals surface area contributed by atoms with Gasteiger partial charge in [-0.25, -0.2) is 0 Å². The zero-order valence-corrected chi connectivity index (χ0v) is 11.9. The van der Waals surface area contributed by atoms with E-state index in [-0.39, 0.29) is 24.0 Å². The van der Waals surface area contributed by atoms with Crippen LogP contribution in [0.3, 0.4) is 0 Å². The number of carbonyl (C=O) groups excluding carboxylic acids is 2.